The molecule has 0 spiro atoms. The summed E-state index contributed by atoms with van der Waals surface area (Å²) in [5, 5.41) is 2.94. The minimum atomic E-state index is -4.17. The van der Waals surface area contributed by atoms with E-state index in [9.17, 15) is 18.0 Å². The summed E-state index contributed by atoms with van der Waals surface area (Å²) < 4.78 is 34.5. The molecular formula is C31H39N3O5S. The molecular weight excluding hydrogens is 526 g/mol. The van der Waals surface area contributed by atoms with E-state index in [-0.39, 0.29) is 29.1 Å². The van der Waals surface area contributed by atoms with Gasteiger partial charge < -0.3 is 15.0 Å². The van der Waals surface area contributed by atoms with Crippen molar-refractivity contribution in [3.05, 3.63) is 89.5 Å². The fourth-order valence-electron chi connectivity index (χ4n) is 4.17. The Morgan fingerprint density at radius 3 is 2.15 bits per heavy atom. The monoisotopic (exact) mass is 565 g/mol. The maximum atomic E-state index is 14.1. The number of hydrogen-bond donors (Lipinski definition) is 1. The van der Waals surface area contributed by atoms with Crippen molar-refractivity contribution < 1.29 is 22.7 Å². The number of carbonyl (C=O) groups is 2. The quantitative estimate of drug-likeness (QED) is 0.339. The van der Waals surface area contributed by atoms with Crippen LogP contribution in [0.5, 0.6) is 5.75 Å². The summed E-state index contributed by atoms with van der Waals surface area (Å²) in [4.78, 5) is 28.7. The second-order valence-electron chi connectivity index (χ2n) is 10.0. The van der Waals surface area contributed by atoms with Crippen LogP contribution in [0.3, 0.4) is 0 Å². The first-order valence-corrected chi connectivity index (χ1v) is 14.8. The van der Waals surface area contributed by atoms with Gasteiger partial charge in [-0.25, -0.2) is 8.42 Å². The van der Waals surface area contributed by atoms with Gasteiger partial charge in [-0.2, -0.15) is 0 Å². The summed E-state index contributed by atoms with van der Waals surface area (Å²) in [5.74, 6) is -0.513. The number of methoxy groups -OCH3 is 1. The van der Waals surface area contributed by atoms with Crippen LogP contribution in [0.4, 0.5) is 5.69 Å². The molecule has 9 heteroatoms. The number of nitrogens with one attached hydrogen (secondary N) is 1. The van der Waals surface area contributed by atoms with E-state index in [1.807, 2.05) is 58.0 Å². The maximum Gasteiger partial charge on any atom is 0.264 e. The van der Waals surface area contributed by atoms with Gasteiger partial charge in [0, 0.05) is 12.6 Å². The molecule has 0 aliphatic heterocycles. The molecule has 0 aliphatic rings. The molecule has 1 N–H and O–H groups in total. The van der Waals surface area contributed by atoms with Crippen LogP contribution < -0.4 is 14.4 Å². The predicted molar refractivity (Wildman–Crippen MR) is 158 cm³/mol. The number of nitrogens with zero attached hydrogens (tertiary/aromatic N) is 2. The van der Waals surface area contributed by atoms with Crippen molar-refractivity contribution in [1.29, 1.82) is 0 Å². The first kappa shape index (κ1) is 30.7. The molecule has 2 atom stereocenters. The lowest BCUT2D eigenvalue weighted by Crippen LogP contribution is -2.52. The van der Waals surface area contributed by atoms with Crippen molar-refractivity contribution in [2.24, 2.45) is 0 Å². The van der Waals surface area contributed by atoms with Gasteiger partial charge in [-0.15, -0.1) is 0 Å². The molecule has 3 aromatic carbocycles. The van der Waals surface area contributed by atoms with Gasteiger partial charge in [-0.3, -0.25) is 13.9 Å². The van der Waals surface area contributed by atoms with Gasteiger partial charge in [-0.1, -0.05) is 61.0 Å². The van der Waals surface area contributed by atoms with Gasteiger partial charge >= 0.3 is 0 Å². The predicted octanol–water partition coefficient (Wildman–Crippen LogP) is 4.84. The average molecular weight is 566 g/mol. The number of aryl methyl sites for hydroxylation is 2. The maximum absolute atomic E-state index is 14.1. The van der Waals surface area contributed by atoms with Gasteiger partial charge in [0.1, 0.15) is 18.3 Å². The zero-order valence-electron chi connectivity index (χ0n) is 24.0. The van der Waals surface area contributed by atoms with Gasteiger partial charge in [0.05, 0.1) is 17.7 Å². The van der Waals surface area contributed by atoms with Crippen LogP contribution >= 0.6 is 0 Å². The fraction of sp³-hybridized carbons (Fsp3) is 0.355. The van der Waals surface area contributed by atoms with E-state index in [0.717, 1.165) is 27.4 Å². The van der Waals surface area contributed by atoms with E-state index in [1.54, 1.807) is 37.3 Å². The zero-order valence-corrected chi connectivity index (χ0v) is 24.9. The normalized spacial score (nSPS) is 12.8. The Morgan fingerprint density at radius 1 is 0.925 bits per heavy atom. The first-order chi connectivity index (χ1) is 19.0. The molecule has 214 valence electrons. The van der Waals surface area contributed by atoms with Crippen molar-refractivity contribution >= 4 is 27.5 Å². The molecule has 0 saturated heterocycles. The summed E-state index contributed by atoms with van der Waals surface area (Å²) >= 11 is 0. The zero-order chi connectivity index (χ0) is 29.4. The Morgan fingerprint density at radius 2 is 1.55 bits per heavy atom. The molecule has 0 aliphatic carbocycles. The number of amides is 2. The van der Waals surface area contributed by atoms with E-state index < -0.39 is 28.5 Å². The van der Waals surface area contributed by atoms with Crippen LogP contribution in [0, 0.1) is 13.8 Å². The Kier molecular flexibility index (Phi) is 10.3. The number of hydrogen-bond acceptors (Lipinski definition) is 5. The van der Waals surface area contributed by atoms with Crippen LogP contribution in [-0.4, -0.2) is 50.9 Å². The largest absolute Gasteiger partial charge is 0.495 e. The topological polar surface area (TPSA) is 96.0 Å². The van der Waals surface area contributed by atoms with E-state index in [1.165, 1.54) is 24.1 Å². The minimum Gasteiger partial charge on any atom is -0.495 e. The summed E-state index contributed by atoms with van der Waals surface area (Å²) in [6.07, 6.45) is 0.737. The third-order valence-electron chi connectivity index (χ3n) is 6.85. The standard InChI is InChI=1S/C31H39N3O5S/c1-7-24(4)32-31(36)25(5)33(20-26-16-13-22(2)14-17-26)30(35)21-34(28-19-23(3)15-18-29(28)39-6)40(37,38)27-11-9-8-10-12-27/h8-19,24-25H,7,20-21H2,1-6H3,(H,32,36)/t24-,25+/m1/s1. The van der Waals surface area contributed by atoms with Crippen molar-refractivity contribution in [3.63, 3.8) is 0 Å². The number of ether oxygens (including phenoxy) is 1. The minimum absolute atomic E-state index is 0.0407. The summed E-state index contributed by atoms with van der Waals surface area (Å²) in [6.45, 7) is 8.94. The lowest BCUT2D eigenvalue weighted by atomic mass is 10.1. The second-order valence-corrected chi connectivity index (χ2v) is 11.9. The molecule has 0 aromatic heterocycles. The summed E-state index contributed by atoms with van der Waals surface area (Å²) in [7, 11) is -2.72. The van der Waals surface area contributed by atoms with Gasteiger partial charge in [0.15, 0.2) is 0 Å². The number of carbonyl (C=O) groups excluding carboxylic acids is 2. The number of benzene rings is 3. The van der Waals surface area contributed by atoms with Crippen LogP contribution in [-0.2, 0) is 26.2 Å². The van der Waals surface area contributed by atoms with Crippen LogP contribution in [0.25, 0.3) is 0 Å². The highest BCUT2D eigenvalue weighted by molar-refractivity contribution is 7.92. The molecule has 3 aromatic rings. The van der Waals surface area contributed by atoms with E-state index >= 15 is 0 Å². The lowest BCUT2D eigenvalue weighted by molar-refractivity contribution is -0.139. The van der Waals surface area contributed by atoms with Crippen LogP contribution in [0.15, 0.2) is 77.7 Å². The smallest absolute Gasteiger partial charge is 0.264 e. The van der Waals surface area contributed by atoms with E-state index in [4.69, 9.17) is 4.74 Å². The number of sulfonamides is 1. The van der Waals surface area contributed by atoms with Crippen molar-refractivity contribution in [2.45, 2.75) is 64.6 Å². The van der Waals surface area contributed by atoms with Gasteiger partial charge in [0.25, 0.3) is 10.0 Å². The van der Waals surface area contributed by atoms with Crippen LogP contribution in [0.2, 0.25) is 0 Å². The number of anilines is 1. The second kappa shape index (κ2) is 13.5. The van der Waals surface area contributed by atoms with Gasteiger partial charge in [-0.05, 0) is 69.5 Å². The molecule has 40 heavy (non-hydrogen) atoms. The Balaban J connectivity index is 2.08. The molecule has 2 amide bonds. The average Bonchev–Trinajstić information content (AvgIpc) is 2.95. The Bertz CT molecular complexity index is 1410. The fourth-order valence-corrected chi connectivity index (χ4v) is 5.60. The van der Waals surface area contributed by atoms with Crippen LogP contribution in [0.1, 0.15) is 43.9 Å². The highest BCUT2D eigenvalue weighted by Crippen LogP contribution is 2.33. The molecule has 0 heterocycles. The molecule has 0 radical (unpaired) electrons. The molecule has 0 fully saturated rings. The summed E-state index contributed by atoms with van der Waals surface area (Å²) in [6, 6.07) is 19.9. The molecule has 8 nitrogen and oxygen atoms in total. The van der Waals surface area contributed by atoms with Gasteiger partial charge in [0.2, 0.25) is 11.8 Å². The Labute approximate surface area is 238 Å². The van der Waals surface area contributed by atoms with Crippen molar-refractivity contribution in [1.82, 2.24) is 10.2 Å². The first-order valence-electron chi connectivity index (χ1n) is 13.4. The molecule has 0 unspecified atom stereocenters. The van der Waals surface area contributed by atoms with Crippen molar-refractivity contribution in [3.8, 4) is 5.75 Å². The number of rotatable bonds is 12. The highest BCUT2D eigenvalue weighted by Gasteiger charge is 2.34. The van der Waals surface area contributed by atoms with E-state index in [2.05, 4.69) is 5.32 Å². The molecule has 3 rings (SSSR count). The van der Waals surface area contributed by atoms with E-state index in [0.29, 0.717) is 5.75 Å². The summed E-state index contributed by atoms with van der Waals surface area (Å²) in [5.41, 5.74) is 2.93. The highest BCUT2D eigenvalue weighted by atomic mass is 32.2. The van der Waals surface area contributed by atoms with Crippen molar-refractivity contribution in [2.75, 3.05) is 18.0 Å². The Hall–Kier alpha value is -3.85. The third-order valence-corrected chi connectivity index (χ3v) is 8.63. The molecule has 0 bridgehead atoms. The SMILES string of the molecule is CC[C@@H](C)NC(=O)[C@H](C)N(Cc1ccc(C)cc1)C(=O)CN(c1cc(C)ccc1OC)S(=O)(=O)c1ccccc1. The molecule has 0 saturated carbocycles. The third kappa shape index (κ3) is 7.41. The lowest BCUT2D eigenvalue weighted by Gasteiger charge is -2.33.